The highest BCUT2D eigenvalue weighted by Crippen LogP contribution is 2.43. The lowest BCUT2D eigenvalue weighted by atomic mass is 9.86. The van der Waals surface area contributed by atoms with Crippen LogP contribution >= 0.6 is 0 Å². The van der Waals surface area contributed by atoms with Crippen molar-refractivity contribution in [3.05, 3.63) is 42.0 Å². The van der Waals surface area contributed by atoms with Crippen molar-refractivity contribution in [2.24, 2.45) is 0 Å². The molecule has 0 radical (unpaired) electrons. The number of nitrogens with zero attached hydrogens (tertiary/aromatic N) is 4. The van der Waals surface area contributed by atoms with Crippen molar-refractivity contribution in [1.82, 2.24) is 25.1 Å². The number of benzene rings is 2. The monoisotopic (exact) mass is 442 g/mol. The second kappa shape index (κ2) is 7.70. The summed E-state index contributed by atoms with van der Waals surface area (Å²) < 4.78 is 0. The molecule has 1 fully saturated rings. The van der Waals surface area contributed by atoms with Crippen LogP contribution in [0, 0.1) is 0 Å². The number of rotatable bonds is 5. The van der Waals surface area contributed by atoms with Gasteiger partial charge < -0.3 is 14.8 Å². The Bertz CT molecular complexity index is 1340. The molecule has 1 amide bonds. The van der Waals surface area contributed by atoms with Crippen molar-refractivity contribution < 1.29 is 4.79 Å². The van der Waals surface area contributed by atoms with E-state index in [-0.39, 0.29) is 5.91 Å². The van der Waals surface area contributed by atoms with Gasteiger partial charge in [0.25, 0.3) is 0 Å². The fourth-order valence-corrected chi connectivity index (χ4v) is 5.45. The summed E-state index contributed by atoms with van der Waals surface area (Å²) in [5.74, 6) is 0.925. The minimum Gasteiger partial charge on any atom is -0.337 e. The summed E-state index contributed by atoms with van der Waals surface area (Å²) >= 11 is 0. The number of nitrogens with one attached hydrogen (secondary N) is 2. The number of fused-ring (bicyclic) bond motifs is 3. The van der Waals surface area contributed by atoms with Crippen LogP contribution in [0.2, 0.25) is 0 Å². The summed E-state index contributed by atoms with van der Waals surface area (Å²) in [6, 6.07) is 12.2. The molecule has 2 aromatic heterocycles. The highest BCUT2D eigenvalue weighted by Gasteiger charge is 2.44. The van der Waals surface area contributed by atoms with Crippen molar-refractivity contribution in [3.8, 4) is 11.5 Å². The van der Waals surface area contributed by atoms with Crippen molar-refractivity contribution in [3.63, 3.8) is 0 Å². The van der Waals surface area contributed by atoms with Gasteiger partial charge in [-0.1, -0.05) is 24.6 Å². The summed E-state index contributed by atoms with van der Waals surface area (Å²) in [4.78, 5) is 26.2. The maximum atomic E-state index is 13.3. The summed E-state index contributed by atoms with van der Waals surface area (Å²) in [7, 11) is 0. The van der Waals surface area contributed by atoms with Crippen molar-refractivity contribution in [1.29, 1.82) is 0 Å². The van der Waals surface area contributed by atoms with Crippen molar-refractivity contribution in [2.75, 3.05) is 31.1 Å². The third kappa shape index (κ3) is 3.33. The smallest absolute Gasteiger partial charge is 0.237 e. The van der Waals surface area contributed by atoms with Gasteiger partial charge in [-0.25, -0.2) is 4.98 Å². The van der Waals surface area contributed by atoms with E-state index in [1.54, 1.807) is 0 Å². The molecule has 1 saturated heterocycles. The maximum absolute atomic E-state index is 13.3. The summed E-state index contributed by atoms with van der Waals surface area (Å²) in [6.45, 7) is 8.24. The number of anilines is 1. The molecule has 0 aliphatic carbocycles. The Hall–Kier alpha value is -3.19. The molecule has 2 aliphatic rings. The molecule has 33 heavy (non-hydrogen) atoms. The average molecular weight is 443 g/mol. The number of hydrogen-bond donors (Lipinski definition) is 2. The lowest BCUT2D eigenvalue weighted by Crippen LogP contribution is -2.38. The van der Waals surface area contributed by atoms with Crippen LogP contribution in [0.4, 0.5) is 5.69 Å². The van der Waals surface area contributed by atoms with Gasteiger partial charge in [0.1, 0.15) is 5.69 Å². The Morgan fingerprint density at radius 2 is 1.85 bits per heavy atom. The number of hydrogen-bond acceptors (Lipinski definition) is 4. The van der Waals surface area contributed by atoms with Gasteiger partial charge in [0.2, 0.25) is 5.91 Å². The predicted molar refractivity (Wildman–Crippen MR) is 131 cm³/mol. The second-order valence-electron chi connectivity index (χ2n) is 9.93. The molecule has 4 heterocycles. The molecule has 2 N–H and O–H groups in total. The number of amides is 1. The molecule has 7 nitrogen and oxygen atoms in total. The highest BCUT2D eigenvalue weighted by molar-refractivity contribution is 6.09. The number of aromatic nitrogens is 4. The Balaban J connectivity index is 1.32. The van der Waals surface area contributed by atoms with Gasteiger partial charge in [0, 0.05) is 11.9 Å². The number of H-pyrrole nitrogens is 2. The van der Waals surface area contributed by atoms with Crippen LogP contribution in [0.25, 0.3) is 33.5 Å². The van der Waals surface area contributed by atoms with E-state index in [1.807, 2.05) is 43.0 Å². The van der Waals surface area contributed by atoms with Crippen LogP contribution in [0.3, 0.4) is 0 Å². The van der Waals surface area contributed by atoms with E-state index in [2.05, 4.69) is 32.2 Å². The SMILES string of the molecule is CC1(C)C(=O)N(CCCN2CCCCC2)c2cc3nc(-c4n[nH]c5ccccc45)[nH]c3cc21. The molecule has 0 bridgehead atoms. The highest BCUT2D eigenvalue weighted by atomic mass is 16.2. The quantitative estimate of drug-likeness (QED) is 0.473. The van der Waals surface area contributed by atoms with Crippen LogP contribution in [0.1, 0.15) is 45.1 Å². The molecule has 0 spiro atoms. The number of carbonyl (C=O) groups is 1. The van der Waals surface area contributed by atoms with Gasteiger partial charge in [-0.3, -0.25) is 9.89 Å². The average Bonchev–Trinajstić information content (AvgIpc) is 3.48. The Morgan fingerprint density at radius 3 is 2.70 bits per heavy atom. The van der Waals surface area contributed by atoms with Gasteiger partial charge in [-0.15, -0.1) is 0 Å². The molecular weight excluding hydrogens is 412 g/mol. The predicted octanol–water partition coefficient (Wildman–Crippen LogP) is 4.61. The van der Waals surface area contributed by atoms with Gasteiger partial charge in [-0.05, 0) is 76.5 Å². The number of likely N-dealkylation sites (tertiary alicyclic amines) is 1. The van der Waals surface area contributed by atoms with Gasteiger partial charge in [0.05, 0.1) is 27.7 Å². The van der Waals surface area contributed by atoms with E-state index in [4.69, 9.17) is 4.98 Å². The van der Waals surface area contributed by atoms with Crippen LogP contribution in [-0.2, 0) is 10.2 Å². The Labute approximate surface area is 193 Å². The third-order valence-corrected chi connectivity index (χ3v) is 7.34. The fraction of sp³-hybridized carbons (Fsp3) is 0.423. The molecule has 170 valence electrons. The zero-order valence-electron chi connectivity index (χ0n) is 19.3. The van der Waals surface area contributed by atoms with Crippen LogP contribution in [-0.4, -0.2) is 57.2 Å². The number of para-hydroxylation sites is 1. The lowest BCUT2D eigenvalue weighted by Gasteiger charge is -2.27. The normalized spacial score (nSPS) is 18.5. The fourth-order valence-electron chi connectivity index (χ4n) is 5.45. The Morgan fingerprint density at radius 1 is 1.03 bits per heavy atom. The van der Waals surface area contributed by atoms with Crippen molar-refractivity contribution >= 4 is 33.5 Å². The van der Waals surface area contributed by atoms with Gasteiger partial charge >= 0.3 is 0 Å². The van der Waals surface area contributed by atoms with E-state index in [1.165, 1.54) is 32.4 Å². The summed E-state index contributed by atoms with van der Waals surface area (Å²) in [6.07, 6.45) is 4.93. The van der Waals surface area contributed by atoms with E-state index in [0.29, 0.717) is 0 Å². The molecule has 0 saturated carbocycles. The van der Waals surface area contributed by atoms with E-state index in [9.17, 15) is 4.79 Å². The molecular formula is C26H30N6O. The zero-order chi connectivity index (χ0) is 22.6. The molecule has 6 rings (SSSR count). The van der Waals surface area contributed by atoms with Crippen molar-refractivity contribution in [2.45, 2.75) is 44.9 Å². The molecule has 4 aromatic rings. The second-order valence-corrected chi connectivity index (χ2v) is 9.93. The number of imidazole rings is 1. The minimum atomic E-state index is -0.543. The summed E-state index contributed by atoms with van der Waals surface area (Å²) in [5, 5.41) is 8.62. The number of carbonyl (C=O) groups excluding carboxylic acids is 1. The first-order chi connectivity index (χ1) is 16.0. The largest absolute Gasteiger partial charge is 0.337 e. The van der Waals surface area contributed by atoms with E-state index >= 15 is 0 Å². The third-order valence-electron chi connectivity index (χ3n) is 7.34. The van der Waals surface area contributed by atoms with Gasteiger partial charge in [-0.2, -0.15) is 5.10 Å². The molecule has 0 atom stereocenters. The number of aromatic amines is 2. The topological polar surface area (TPSA) is 80.9 Å². The van der Waals surface area contributed by atoms with Crippen LogP contribution in [0.5, 0.6) is 0 Å². The molecule has 2 aromatic carbocycles. The molecule has 0 unspecified atom stereocenters. The first-order valence-corrected chi connectivity index (χ1v) is 12.0. The summed E-state index contributed by atoms with van der Waals surface area (Å²) in [5.41, 5.74) is 5.13. The Kier molecular flexibility index (Phi) is 4.76. The molecule has 2 aliphatic heterocycles. The minimum absolute atomic E-state index is 0.183. The van der Waals surface area contributed by atoms with E-state index < -0.39 is 5.41 Å². The first kappa shape index (κ1) is 20.4. The standard InChI is InChI=1S/C26H30N6O/c1-26(2)18-15-20-21(28-24(27-20)23-17-9-4-5-10-19(17)29-30-23)16-22(18)32(25(26)33)14-8-13-31-11-6-3-7-12-31/h4-5,9-10,15-16H,3,6-8,11-14H2,1-2H3,(H,27,28)(H,29,30). The molecule has 7 heteroatoms. The van der Waals surface area contributed by atoms with Crippen LogP contribution in [0.15, 0.2) is 36.4 Å². The van der Waals surface area contributed by atoms with Crippen LogP contribution < -0.4 is 4.90 Å². The van der Waals surface area contributed by atoms with E-state index in [0.717, 1.165) is 64.2 Å². The first-order valence-electron chi connectivity index (χ1n) is 12.0. The zero-order valence-corrected chi connectivity index (χ0v) is 19.3. The maximum Gasteiger partial charge on any atom is 0.237 e. The van der Waals surface area contributed by atoms with Gasteiger partial charge in [0.15, 0.2) is 5.82 Å². The lowest BCUT2D eigenvalue weighted by molar-refractivity contribution is -0.122. The number of piperidine rings is 1.